The lowest BCUT2D eigenvalue weighted by atomic mass is 10.2. The van der Waals surface area contributed by atoms with Gasteiger partial charge in [0, 0.05) is 23.9 Å². The second kappa shape index (κ2) is 6.47. The van der Waals surface area contributed by atoms with Gasteiger partial charge in [-0.05, 0) is 31.8 Å². The first kappa shape index (κ1) is 13.0. The average Bonchev–Trinajstić information content (AvgIpc) is 2.97. The van der Waals surface area contributed by atoms with Gasteiger partial charge in [0.2, 0.25) is 0 Å². The van der Waals surface area contributed by atoms with E-state index in [0.717, 1.165) is 31.4 Å². The average molecular weight is 254 g/mol. The van der Waals surface area contributed by atoms with Gasteiger partial charge in [0.05, 0.1) is 12.8 Å². The van der Waals surface area contributed by atoms with E-state index in [1.54, 1.807) is 6.26 Å². The summed E-state index contributed by atoms with van der Waals surface area (Å²) >= 11 is 2.06. The maximum Gasteiger partial charge on any atom is 0.122 e. The molecule has 3 nitrogen and oxygen atoms in total. The second-order valence-electron chi connectivity index (χ2n) is 4.58. The molecule has 0 aromatic carbocycles. The molecule has 0 bridgehead atoms. The van der Waals surface area contributed by atoms with Crippen molar-refractivity contribution in [2.45, 2.75) is 32.5 Å². The molecule has 0 radical (unpaired) electrons. The zero-order valence-corrected chi connectivity index (χ0v) is 11.6. The molecule has 4 heteroatoms. The molecule has 1 aliphatic rings. The van der Waals surface area contributed by atoms with Gasteiger partial charge in [-0.2, -0.15) is 11.8 Å². The Balaban J connectivity index is 1.90. The minimum absolute atomic E-state index is 0.720. The fraction of sp³-hybridized carbons (Fsp3) is 0.692. The lowest BCUT2D eigenvalue weighted by molar-refractivity contribution is 0.233. The molecule has 0 amide bonds. The van der Waals surface area contributed by atoms with Crippen molar-refractivity contribution in [3.63, 3.8) is 0 Å². The third-order valence-electron chi connectivity index (χ3n) is 3.33. The fourth-order valence-corrected chi connectivity index (χ4v) is 3.45. The third kappa shape index (κ3) is 3.50. The van der Waals surface area contributed by atoms with Crippen LogP contribution in [0.25, 0.3) is 0 Å². The Morgan fingerprint density at radius 1 is 1.59 bits per heavy atom. The van der Waals surface area contributed by atoms with Gasteiger partial charge >= 0.3 is 0 Å². The summed E-state index contributed by atoms with van der Waals surface area (Å²) in [4.78, 5) is 2.42. The zero-order chi connectivity index (χ0) is 12.1. The fourth-order valence-electron chi connectivity index (χ4n) is 2.15. The Kier molecular flexibility index (Phi) is 4.95. The molecule has 2 heterocycles. The summed E-state index contributed by atoms with van der Waals surface area (Å²) in [6, 6.07) is 2.80. The number of nitrogens with zero attached hydrogens (tertiary/aromatic N) is 1. The summed E-state index contributed by atoms with van der Waals surface area (Å²) in [5.41, 5.74) is 1.30. The van der Waals surface area contributed by atoms with Crippen molar-refractivity contribution in [3.8, 4) is 0 Å². The van der Waals surface area contributed by atoms with Gasteiger partial charge in [0.1, 0.15) is 5.76 Å². The number of nitrogens with one attached hydrogen (secondary N) is 1. The number of rotatable bonds is 6. The Morgan fingerprint density at radius 3 is 3.18 bits per heavy atom. The molecule has 96 valence electrons. The van der Waals surface area contributed by atoms with Gasteiger partial charge < -0.3 is 9.73 Å². The first-order chi connectivity index (χ1) is 8.31. The van der Waals surface area contributed by atoms with Crippen LogP contribution in [0.1, 0.15) is 24.7 Å². The molecule has 1 fully saturated rings. The van der Waals surface area contributed by atoms with Crippen LogP contribution in [-0.2, 0) is 13.1 Å². The van der Waals surface area contributed by atoms with E-state index < -0.39 is 0 Å². The molecule has 0 aliphatic carbocycles. The smallest absolute Gasteiger partial charge is 0.122 e. The molecule has 1 aromatic rings. The van der Waals surface area contributed by atoms with Gasteiger partial charge in [-0.1, -0.05) is 6.92 Å². The molecule has 1 aromatic heterocycles. The van der Waals surface area contributed by atoms with Crippen LogP contribution in [0.4, 0.5) is 0 Å². The summed E-state index contributed by atoms with van der Waals surface area (Å²) in [5, 5.41) is 3.35. The maximum absolute atomic E-state index is 5.60. The number of furan rings is 1. The van der Waals surface area contributed by atoms with Crippen LogP contribution in [-0.4, -0.2) is 36.0 Å². The van der Waals surface area contributed by atoms with E-state index in [9.17, 15) is 0 Å². The molecule has 1 unspecified atom stereocenters. The lowest BCUT2D eigenvalue weighted by Gasteiger charge is -2.22. The van der Waals surface area contributed by atoms with Crippen molar-refractivity contribution in [3.05, 3.63) is 23.7 Å². The van der Waals surface area contributed by atoms with Crippen molar-refractivity contribution in [1.82, 2.24) is 10.2 Å². The highest BCUT2D eigenvalue weighted by atomic mass is 32.2. The SMILES string of the molecule is CCNCc1ccoc1CN(C)C1CCSC1. The minimum Gasteiger partial charge on any atom is -0.468 e. The molecular formula is C13H22N2OS. The third-order valence-corrected chi connectivity index (χ3v) is 4.47. The van der Waals surface area contributed by atoms with Crippen molar-refractivity contribution >= 4 is 11.8 Å². The van der Waals surface area contributed by atoms with E-state index in [-0.39, 0.29) is 0 Å². The molecule has 1 N–H and O–H groups in total. The Hall–Kier alpha value is -0.450. The minimum atomic E-state index is 0.720. The number of hydrogen-bond donors (Lipinski definition) is 1. The Bertz CT molecular complexity index is 334. The number of thioether (sulfide) groups is 1. The Morgan fingerprint density at radius 2 is 2.47 bits per heavy atom. The predicted octanol–water partition coefficient (Wildman–Crippen LogP) is 2.33. The van der Waals surface area contributed by atoms with Crippen LogP contribution in [0.2, 0.25) is 0 Å². The van der Waals surface area contributed by atoms with Gasteiger partial charge in [0.25, 0.3) is 0 Å². The molecular weight excluding hydrogens is 232 g/mol. The van der Waals surface area contributed by atoms with Crippen LogP contribution >= 0.6 is 11.8 Å². The van der Waals surface area contributed by atoms with E-state index in [1.807, 2.05) is 0 Å². The molecule has 0 spiro atoms. The predicted molar refractivity (Wildman–Crippen MR) is 73.3 cm³/mol. The normalized spacial score (nSPS) is 20.3. The van der Waals surface area contributed by atoms with E-state index in [4.69, 9.17) is 4.42 Å². The van der Waals surface area contributed by atoms with Crippen molar-refractivity contribution in [1.29, 1.82) is 0 Å². The van der Waals surface area contributed by atoms with E-state index in [0.29, 0.717) is 0 Å². The lowest BCUT2D eigenvalue weighted by Crippen LogP contribution is -2.31. The van der Waals surface area contributed by atoms with Crippen molar-refractivity contribution < 1.29 is 4.42 Å². The summed E-state index contributed by atoms with van der Waals surface area (Å²) in [6.45, 7) is 4.97. The second-order valence-corrected chi connectivity index (χ2v) is 5.73. The molecule has 0 saturated carbocycles. The standard InChI is InChI=1S/C13H22N2OS/c1-3-14-8-11-4-6-16-13(11)9-15(2)12-5-7-17-10-12/h4,6,12,14H,3,5,7-10H2,1-2H3. The quantitative estimate of drug-likeness (QED) is 0.843. The highest BCUT2D eigenvalue weighted by Gasteiger charge is 2.21. The van der Waals surface area contributed by atoms with E-state index in [1.165, 1.54) is 23.5 Å². The monoisotopic (exact) mass is 254 g/mol. The summed E-state index contributed by atoms with van der Waals surface area (Å²) in [6.07, 6.45) is 3.11. The van der Waals surface area contributed by atoms with Crippen LogP contribution in [0.15, 0.2) is 16.7 Å². The summed E-state index contributed by atoms with van der Waals surface area (Å²) in [7, 11) is 2.20. The molecule has 1 aliphatic heterocycles. The van der Waals surface area contributed by atoms with Gasteiger partial charge in [-0.15, -0.1) is 0 Å². The first-order valence-corrected chi connectivity index (χ1v) is 7.50. The van der Waals surface area contributed by atoms with Crippen LogP contribution < -0.4 is 5.32 Å². The molecule has 1 saturated heterocycles. The first-order valence-electron chi connectivity index (χ1n) is 6.35. The molecule has 17 heavy (non-hydrogen) atoms. The van der Waals surface area contributed by atoms with Crippen LogP contribution in [0.5, 0.6) is 0 Å². The Labute approximate surface area is 108 Å². The van der Waals surface area contributed by atoms with Crippen molar-refractivity contribution in [2.75, 3.05) is 25.1 Å². The molecule has 1 atom stereocenters. The number of hydrogen-bond acceptors (Lipinski definition) is 4. The highest BCUT2D eigenvalue weighted by molar-refractivity contribution is 7.99. The van der Waals surface area contributed by atoms with Crippen LogP contribution in [0.3, 0.4) is 0 Å². The van der Waals surface area contributed by atoms with Gasteiger partial charge in [-0.3, -0.25) is 4.90 Å². The van der Waals surface area contributed by atoms with Crippen molar-refractivity contribution in [2.24, 2.45) is 0 Å². The summed E-state index contributed by atoms with van der Waals surface area (Å²) in [5.74, 6) is 3.68. The topological polar surface area (TPSA) is 28.4 Å². The van der Waals surface area contributed by atoms with Crippen LogP contribution in [0, 0.1) is 0 Å². The molecule has 2 rings (SSSR count). The summed E-state index contributed by atoms with van der Waals surface area (Å²) < 4.78 is 5.60. The van der Waals surface area contributed by atoms with Gasteiger partial charge in [0.15, 0.2) is 0 Å². The zero-order valence-electron chi connectivity index (χ0n) is 10.7. The largest absolute Gasteiger partial charge is 0.468 e. The highest BCUT2D eigenvalue weighted by Crippen LogP contribution is 2.23. The maximum atomic E-state index is 5.60. The van der Waals surface area contributed by atoms with E-state index >= 15 is 0 Å². The van der Waals surface area contributed by atoms with Gasteiger partial charge in [-0.25, -0.2) is 0 Å². The van der Waals surface area contributed by atoms with E-state index in [2.05, 4.69) is 42.0 Å².